The summed E-state index contributed by atoms with van der Waals surface area (Å²) in [5.41, 5.74) is 0. The maximum Gasteiger partial charge on any atom is 0.409 e. The number of rotatable bonds is 4. The number of nitrogens with zero attached hydrogens (tertiary/aromatic N) is 2. The normalized spacial score (nSPS) is 23.3. The van der Waals surface area contributed by atoms with Crippen molar-refractivity contribution in [2.45, 2.75) is 51.3 Å². The van der Waals surface area contributed by atoms with Crippen LogP contribution in [0.2, 0.25) is 0 Å². The number of hydrogen-bond donors (Lipinski definition) is 1. The van der Waals surface area contributed by atoms with Gasteiger partial charge in [0.05, 0.1) is 13.2 Å². The second-order valence-corrected chi connectivity index (χ2v) is 7.41. The molecule has 0 spiro atoms. The van der Waals surface area contributed by atoms with Gasteiger partial charge in [-0.3, -0.25) is 4.99 Å². The molecular weight excluding hydrogens is 286 g/mol. The Labute approximate surface area is 131 Å². The Morgan fingerprint density at radius 2 is 2.19 bits per heavy atom. The van der Waals surface area contributed by atoms with Gasteiger partial charge in [0.15, 0.2) is 5.17 Å². The second-order valence-electron chi connectivity index (χ2n) is 6.12. The van der Waals surface area contributed by atoms with Gasteiger partial charge in [0.2, 0.25) is 0 Å². The van der Waals surface area contributed by atoms with E-state index in [0.29, 0.717) is 17.9 Å². The van der Waals surface area contributed by atoms with Gasteiger partial charge in [0, 0.05) is 24.4 Å². The van der Waals surface area contributed by atoms with Gasteiger partial charge in [-0.15, -0.1) is 0 Å². The first kappa shape index (κ1) is 16.5. The van der Waals surface area contributed by atoms with Crippen LogP contribution in [-0.4, -0.2) is 53.7 Å². The molecule has 2 rings (SSSR count). The Kier molecular flexibility index (Phi) is 6.21. The van der Waals surface area contributed by atoms with Crippen LogP contribution in [0.25, 0.3) is 0 Å². The molecule has 21 heavy (non-hydrogen) atoms. The van der Waals surface area contributed by atoms with Crippen LogP contribution in [0.15, 0.2) is 4.99 Å². The molecule has 1 fully saturated rings. The third-order valence-corrected chi connectivity index (χ3v) is 4.94. The molecule has 0 aliphatic carbocycles. The number of carbonyl (C=O) groups is 1. The van der Waals surface area contributed by atoms with Gasteiger partial charge in [-0.05, 0) is 32.1 Å². The van der Waals surface area contributed by atoms with Crippen LogP contribution >= 0.6 is 11.8 Å². The van der Waals surface area contributed by atoms with Crippen molar-refractivity contribution in [2.75, 3.05) is 26.2 Å². The van der Waals surface area contributed by atoms with Crippen molar-refractivity contribution < 1.29 is 9.53 Å². The van der Waals surface area contributed by atoms with Crippen molar-refractivity contribution in [3.63, 3.8) is 0 Å². The summed E-state index contributed by atoms with van der Waals surface area (Å²) in [6.07, 6.45) is 2.97. The topological polar surface area (TPSA) is 53.9 Å². The minimum atomic E-state index is -0.180. The number of ether oxygens (including phenoxy) is 1. The number of carbonyl (C=O) groups excluding carboxylic acids is 1. The fraction of sp³-hybridized carbons (Fsp3) is 0.867. The molecule has 1 atom stereocenters. The average Bonchev–Trinajstić information content (AvgIpc) is 2.86. The highest BCUT2D eigenvalue weighted by Crippen LogP contribution is 2.26. The van der Waals surface area contributed by atoms with Gasteiger partial charge in [-0.1, -0.05) is 25.6 Å². The number of likely N-dealkylation sites (tertiary alicyclic amines) is 1. The molecule has 1 amide bonds. The maximum absolute atomic E-state index is 11.7. The molecule has 6 heteroatoms. The van der Waals surface area contributed by atoms with Crippen LogP contribution < -0.4 is 5.32 Å². The van der Waals surface area contributed by atoms with Crippen LogP contribution in [0.3, 0.4) is 0 Å². The summed E-state index contributed by atoms with van der Waals surface area (Å²) in [5.74, 6) is 0.727. The lowest BCUT2D eigenvalue weighted by molar-refractivity contribution is 0.0964. The third-order valence-electron chi connectivity index (χ3n) is 3.80. The van der Waals surface area contributed by atoms with E-state index in [1.165, 1.54) is 6.42 Å². The van der Waals surface area contributed by atoms with Crippen molar-refractivity contribution in [2.24, 2.45) is 10.9 Å². The molecule has 0 aromatic rings. The van der Waals surface area contributed by atoms with E-state index >= 15 is 0 Å². The molecule has 1 saturated heterocycles. The van der Waals surface area contributed by atoms with Gasteiger partial charge < -0.3 is 15.0 Å². The number of hydrogen-bond acceptors (Lipinski definition) is 5. The lowest BCUT2D eigenvalue weighted by Gasteiger charge is -2.32. The number of amidine groups is 1. The number of nitrogens with one attached hydrogen (secondary N) is 1. The van der Waals surface area contributed by atoms with Crippen molar-refractivity contribution in [1.29, 1.82) is 0 Å². The highest BCUT2D eigenvalue weighted by atomic mass is 32.2. The van der Waals surface area contributed by atoms with E-state index in [1.54, 1.807) is 4.90 Å². The van der Waals surface area contributed by atoms with E-state index in [0.717, 1.165) is 43.6 Å². The molecule has 0 saturated carbocycles. The molecular formula is C15H27N3O2S. The van der Waals surface area contributed by atoms with Crippen molar-refractivity contribution in [3.05, 3.63) is 0 Å². The standard InChI is InChI=1S/C15H27N3O2S/c1-4-20-15(19)18-7-5-12(6-8-18)17-14-16-10-13(21-14)9-11(2)3/h11-13H,4-10H2,1-3H3,(H,16,17). The fourth-order valence-electron chi connectivity index (χ4n) is 2.74. The zero-order valence-corrected chi connectivity index (χ0v) is 14.1. The van der Waals surface area contributed by atoms with Crippen LogP contribution in [0, 0.1) is 5.92 Å². The Hall–Kier alpha value is -0.910. The highest BCUT2D eigenvalue weighted by Gasteiger charge is 2.26. The van der Waals surface area contributed by atoms with E-state index in [2.05, 4.69) is 24.2 Å². The fourth-order valence-corrected chi connectivity index (χ4v) is 4.07. The van der Waals surface area contributed by atoms with E-state index < -0.39 is 0 Å². The number of aliphatic imine (C=N–C) groups is 1. The Morgan fingerprint density at radius 1 is 1.48 bits per heavy atom. The predicted molar refractivity (Wildman–Crippen MR) is 87.9 cm³/mol. The van der Waals surface area contributed by atoms with Crippen LogP contribution in [0.5, 0.6) is 0 Å². The van der Waals surface area contributed by atoms with Gasteiger partial charge in [-0.25, -0.2) is 4.79 Å². The zero-order chi connectivity index (χ0) is 15.2. The van der Waals surface area contributed by atoms with Crippen molar-refractivity contribution in [3.8, 4) is 0 Å². The SMILES string of the molecule is CCOC(=O)N1CCC(NC2=NCC(CC(C)C)S2)CC1. The van der Waals surface area contributed by atoms with E-state index in [1.807, 2.05) is 18.7 Å². The Balaban J connectivity index is 1.69. The van der Waals surface area contributed by atoms with Gasteiger partial charge in [-0.2, -0.15) is 0 Å². The Morgan fingerprint density at radius 3 is 2.81 bits per heavy atom. The predicted octanol–water partition coefficient (Wildman–Crippen LogP) is 2.71. The summed E-state index contributed by atoms with van der Waals surface area (Å²) >= 11 is 1.88. The lowest BCUT2D eigenvalue weighted by Crippen LogP contribution is -2.46. The molecule has 0 radical (unpaired) electrons. The summed E-state index contributed by atoms with van der Waals surface area (Å²) in [4.78, 5) is 18.1. The summed E-state index contributed by atoms with van der Waals surface area (Å²) in [6, 6.07) is 0.430. The van der Waals surface area contributed by atoms with Crippen LogP contribution in [0.4, 0.5) is 4.79 Å². The summed E-state index contributed by atoms with van der Waals surface area (Å²) in [6.45, 7) is 9.28. The number of amides is 1. The number of thioether (sulfide) groups is 1. The first-order valence-electron chi connectivity index (χ1n) is 7.97. The van der Waals surface area contributed by atoms with Crippen LogP contribution in [0.1, 0.15) is 40.0 Å². The van der Waals surface area contributed by atoms with Gasteiger partial charge >= 0.3 is 6.09 Å². The largest absolute Gasteiger partial charge is 0.450 e. The molecule has 0 aromatic carbocycles. The molecule has 1 N–H and O–H groups in total. The summed E-state index contributed by atoms with van der Waals surface area (Å²) in [7, 11) is 0. The minimum absolute atomic E-state index is 0.180. The second kappa shape index (κ2) is 7.92. The van der Waals surface area contributed by atoms with Crippen molar-refractivity contribution >= 4 is 23.0 Å². The maximum atomic E-state index is 11.7. The van der Waals surface area contributed by atoms with E-state index in [-0.39, 0.29) is 6.09 Å². The number of piperidine rings is 1. The van der Waals surface area contributed by atoms with E-state index in [4.69, 9.17) is 4.74 Å². The third kappa shape index (κ3) is 5.09. The monoisotopic (exact) mass is 313 g/mol. The molecule has 2 aliphatic rings. The van der Waals surface area contributed by atoms with Crippen molar-refractivity contribution in [1.82, 2.24) is 10.2 Å². The molecule has 120 valence electrons. The molecule has 2 heterocycles. The molecule has 0 bridgehead atoms. The molecule has 2 aliphatic heterocycles. The summed E-state index contributed by atoms with van der Waals surface area (Å²) < 4.78 is 5.04. The summed E-state index contributed by atoms with van der Waals surface area (Å²) in [5, 5.41) is 5.27. The van der Waals surface area contributed by atoms with Gasteiger partial charge in [0.25, 0.3) is 0 Å². The molecule has 5 nitrogen and oxygen atoms in total. The minimum Gasteiger partial charge on any atom is -0.450 e. The van der Waals surface area contributed by atoms with E-state index in [9.17, 15) is 4.79 Å². The first-order chi connectivity index (χ1) is 10.1. The zero-order valence-electron chi connectivity index (χ0n) is 13.3. The first-order valence-corrected chi connectivity index (χ1v) is 8.85. The molecule has 0 aromatic heterocycles. The van der Waals surface area contributed by atoms with Crippen LogP contribution in [-0.2, 0) is 4.74 Å². The highest BCUT2D eigenvalue weighted by molar-refractivity contribution is 8.14. The molecule has 1 unspecified atom stereocenters. The lowest BCUT2D eigenvalue weighted by atomic mass is 10.1. The quantitative estimate of drug-likeness (QED) is 0.867. The smallest absolute Gasteiger partial charge is 0.409 e. The average molecular weight is 313 g/mol. The van der Waals surface area contributed by atoms with Gasteiger partial charge in [0.1, 0.15) is 0 Å². The Bertz CT molecular complexity index is 379.